The van der Waals surface area contributed by atoms with E-state index >= 15 is 0 Å². The van der Waals surface area contributed by atoms with Crippen molar-refractivity contribution in [3.63, 3.8) is 0 Å². The van der Waals surface area contributed by atoms with E-state index in [4.69, 9.17) is 9.97 Å². The summed E-state index contributed by atoms with van der Waals surface area (Å²) in [5.41, 5.74) is 7.73. The van der Waals surface area contributed by atoms with Gasteiger partial charge in [0, 0.05) is 29.4 Å². The number of imidazole rings is 1. The Labute approximate surface area is 284 Å². The molecule has 0 radical (unpaired) electrons. The molecule has 0 bridgehead atoms. The van der Waals surface area contributed by atoms with Gasteiger partial charge in [-0.05, 0) is 59.9 Å². The Morgan fingerprint density at radius 3 is 1.78 bits per heavy atom. The molecule has 2 N–H and O–H groups in total. The Balaban J connectivity index is 1.35. The monoisotopic (exact) mass is 638 g/mol. The summed E-state index contributed by atoms with van der Waals surface area (Å²) in [5, 5.41) is 7.90. The Bertz CT molecular complexity index is 2260. The quantitative estimate of drug-likeness (QED) is 0.156. The fourth-order valence-corrected chi connectivity index (χ4v) is 6.95. The van der Waals surface area contributed by atoms with E-state index in [1.54, 1.807) is 12.4 Å². The van der Waals surface area contributed by atoms with Gasteiger partial charge in [0.25, 0.3) is 5.91 Å². The number of rotatable bonds is 9. The molecule has 0 spiro atoms. The van der Waals surface area contributed by atoms with E-state index in [2.05, 4.69) is 105 Å². The molecule has 0 saturated carbocycles. The lowest BCUT2D eigenvalue weighted by molar-refractivity contribution is 0.0931. The number of aromatic nitrogens is 5. The van der Waals surface area contributed by atoms with E-state index in [1.165, 1.54) is 0 Å². The van der Waals surface area contributed by atoms with Crippen LogP contribution in [0.3, 0.4) is 0 Å². The molecular weight excluding hydrogens is 605 g/mol. The minimum Gasteiger partial charge on any atom is -0.347 e. The predicted molar refractivity (Wildman–Crippen MR) is 194 cm³/mol. The summed E-state index contributed by atoms with van der Waals surface area (Å²) < 4.78 is 2.24. The van der Waals surface area contributed by atoms with Crippen LogP contribution in [0.25, 0.3) is 33.2 Å². The number of amides is 1. The number of carbonyl (C=O) groups is 1. The van der Waals surface area contributed by atoms with E-state index in [0.29, 0.717) is 17.5 Å². The van der Waals surface area contributed by atoms with Crippen LogP contribution in [0.15, 0.2) is 158 Å². The lowest BCUT2D eigenvalue weighted by Crippen LogP contribution is -2.38. The number of carbonyl (C=O) groups excluding carboxylic acids is 1. The largest absolute Gasteiger partial charge is 0.347 e. The molecule has 8 aromatic rings. The minimum absolute atomic E-state index is 0.0870. The zero-order valence-electron chi connectivity index (χ0n) is 27.0. The molecule has 49 heavy (non-hydrogen) atoms. The van der Waals surface area contributed by atoms with Crippen LogP contribution in [0.1, 0.15) is 39.8 Å². The molecule has 0 fully saturated rings. The molecule has 0 unspecified atom stereocenters. The first kappa shape index (κ1) is 30.0. The van der Waals surface area contributed by atoms with Gasteiger partial charge < -0.3 is 5.32 Å². The van der Waals surface area contributed by atoms with E-state index < -0.39 is 5.54 Å². The number of hydrogen-bond donors (Lipinski definition) is 2. The van der Waals surface area contributed by atoms with Gasteiger partial charge in [0.15, 0.2) is 0 Å². The Morgan fingerprint density at radius 2 is 1.22 bits per heavy atom. The fraction of sp³-hybridized carbons (Fsp3) is 0.0952. The highest BCUT2D eigenvalue weighted by Crippen LogP contribution is 2.44. The number of benzene rings is 5. The summed E-state index contributed by atoms with van der Waals surface area (Å²) in [4.78, 5) is 27.3. The third-order valence-corrected chi connectivity index (χ3v) is 9.12. The lowest BCUT2D eigenvalue weighted by Gasteiger charge is -2.37. The number of aromatic amines is 1. The first-order valence-corrected chi connectivity index (χ1v) is 16.5. The van der Waals surface area contributed by atoms with Crippen LogP contribution < -0.4 is 5.32 Å². The summed E-state index contributed by atoms with van der Waals surface area (Å²) in [6, 6.07) is 49.8. The van der Waals surface area contributed by atoms with Crippen LogP contribution >= 0.6 is 0 Å². The van der Waals surface area contributed by atoms with Crippen LogP contribution in [0.2, 0.25) is 0 Å². The molecule has 7 heteroatoms. The molecular formula is C42H34N6O. The van der Waals surface area contributed by atoms with Crippen molar-refractivity contribution in [3.05, 3.63) is 186 Å². The van der Waals surface area contributed by atoms with Crippen molar-refractivity contribution in [2.75, 3.05) is 0 Å². The summed E-state index contributed by atoms with van der Waals surface area (Å²) >= 11 is 0. The average molecular weight is 639 g/mol. The maximum atomic E-state index is 13.5. The molecule has 1 atom stereocenters. The second-order valence-electron chi connectivity index (χ2n) is 12.3. The van der Waals surface area contributed by atoms with Crippen molar-refractivity contribution < 1.29 is 4.79 Å². The van der Waals surface area contributed by atoms with Gasteiger partial charge in [-0.1, -0.05) is 121 Å². The zero-order chi connectivity index (χ0) is 33.2. The Morgan fingerprint density at radius 1 is 0.714 bits per heavy atom. The van der Waals surface area contributed by atoms with Crippen LogP contribution in [-0.2, 0) is 12.0 Å². The van der Waals surface area contributed by atoms with Gasteiger partial charge in [-0.25, -0.2) is 9.97 Å². The zero-order valence-corrected chi connectivity index (χ0v) is 27.0. The van der Waals surface area contributed by atoms with Crippen molar-refractivity contribution in [1.82, 2.24) is 30.0 Å². The van der Waals surface area contributed by atoms with Crippen molar-refractivity contribution in [3.8, 4) is 11.3 Å². The molecule has 8 rings (SSSR count). The molecule has 0 aliphatic carbocycles. The Kier molecular flexibility index (Phi) is 7.78. The lowest BCUT2D eigenvalue weighted by atomic mass is 9.77. The summed E-state index contributed by atoms with van der Waals surface area (Å²) in [6.07, 6.45) is 4.31. The fourth-order valence-electron chi connectivity index (χ4n) is 6.95. The molecule has 3 heterocycles. The number of hydrogen-bond acceptors (Lipinski definition) is 4. The third kappa shape index (κ3) is 5.45. The van der Waals surface area contributed by atoms with Gasteiger partial charge >= 0.3 is 0 Å². The number of pyridine rings is 1. The van der Waals surface area contributed by atoms with Crippen molar-refractivity contribution in [2.24, 2.45) is 0 Å². The first-order valence-electron chi connectivity index (χ1n) is 16.5. The van der Waals surface area contributed by atoms with E-state index in [1.807, 2.05) is 67.6 Å². The van der Waals surface area contributed by atoms with Gasteiger partial charge in [-0.2, -0.15) is 0 Å². The van der Waals surface area contributed by atoms with E-state index in [-0.39, 0.29) is 17.8 Å². The maximum absolute atomic E-state index is 13.5. The number of nitrogens with one attached hydrogen (secondary N) is 2. The van der Waals surface area contributed by atoms with Crippen molar-refractivity contribution >= 4 is 27.8 Å². The Hall–Kier alpha value is -6.34. The SMILES string of the molecule is C[C@H](Cc1ccccc1)NC(=O)c1nc2cc3c(-c4ccncc4)[nH]n(C(c4ccccc4)(c4ccccc4)c4ccccc4)c3cc2n1. The van der Waals surface area contributed by atoms with E-state index in [9.17, 15) is 4.79 Å². The average Bonchev–Trinajstić information content (AvgIpc) is 3.75. The van der Waals surface area contributed by atoms with Crippen LogP contribution in [0, 0.1) is 0 Å². The molecule has 0 saturated heterocycles. The normalized spacial score (nSPS) is 12.3. The van der Waals surface area contributed by atoms with Gasteiger partial charge in [0.1, 0.15) is 5.54 Å². The van der Waals surface area contributed by atoms with Gasteiger partial charge in [0.2, 0.25) is 5.82 Å². The number of fused-ring (bicyclic) bond motifs is 2. The summed E-state index contributed by atoms with van der Waals surface area (Å²) in [5.74, 6) is -0.135. The third-order valence-electron chi connectivity index (χ3n) is 9.12. The first-order chi connectivity index (χ1) is 24.1. The van der Waals surface area contributed by atoms with Crippen LogP contribution in [0.4, 0.5) is 0 Å². The van der Waals surface area contributed by atoms with Crippen LogP contribution in [0.5, 0.6) is 0 Å². The highest BCUT2D eigenvalue weighted by molar-refractivity contribution is 6.03. The highest BCUT2D eigenvalue weighted by atomic mass is 16.2. The summed E-state index contributed by atoms with van der Waals surface area (Å²) in [6.45, 7) is 2.00. The summed E-state index contributed by atoms with van der Waals surface area (Å²) in [7, 11) is 0. The standard InChI is InChI=1S/C42H34N6O/c1-29(26-30-14-6-2-7-15-30)44-41(49)40-45-36-27-35-38(28-37(36)46-40)48(47-39(35)31-22-24-43-25-23-31)42(32-16-8-3-9-17-32,33-18-10-4-11-19-33)34-20-12-5-13-21-34/h2-25,27-29,47H,26H2,1H3,(H,44,49)/t29-/m1/s1. The molecule has 3 aromatic heterocycles. The second kappa shape index (κ2) is 12.7. The molecule has 1 amide bonds. The molecule has 7 nitrogen and oxygen atoms in total. The minimum atomic E-state index is -0.798. The molecule has 238 valence electrons. The number of nitrogens with zero attached hydrogens (tertiary/aromatic N) is 4. The number of H-pyrrole nitrogens is 1. The van der Waals surface area contributed by atoms with Crippen molar-refractivity contribution in [2.45, 2.75) is 24.9 Å². The van der Waals surface area contributed by atoms with Gasteiger partial charge in [0.05, 0.1) is 22.2 Å². The maximum Gasteiger partial charge on any atom is 0.289 e. The van der Waals surface area contributed by atoms with E-state index in [0.717, 1.165) is 44.4 Å². The van der Waals surface area contributed by atoms with Gasteiger partial charge in [-0.15, -0.1) is 0 Å². The van der Waals surface area contributed by atoms with Gasteiger partial charge in [-0.3, -0.25) is 19.6 Å². The second-order valence-corrected chi connectivity index (χ2v) is 12.3. The van der Waals surface area contributed by atoms with Crippen LogP contribution in [-0.4, -0.2) is 36.7 Å². The smallest absolute Gasteiger partial charge is 0.289 e. The molecule has 5 aromatic carbocycles. The predicted octanol–water partition coefficient (Wildman–Crippen LogP) is 8.18. The topological polar surface area (TPSA) is 88.5 Å². The molecule has 0 aliphatic rings. The molecule has 0 aliphatic heterocycles. The van der Waals surface area contributed by atoms with Crippen molar-refractivity contribution in [1.29, 1.82) is 0 Å². The highest BCUT2D eigenvalue weighted by Gasteiger charge is 2.40.